The second kappa shape index (κ2) is 6.76. The van der Waals surface area contributed by atoms with Crippen LogP contribution in [0.15, 0.2) is 54.6 Å². The van der Waals surface area contributed by atoms with Gasteiger partial charge in [-0.25, -0.2) is 4.79 Å². The number of amides is 2. The lowest BCUT2D eigenvalue weighted by Gasteiger charge is -2.13. The first-order valence-electron chi connectivity index (χ1n) is 7.40. The van der Waals surface area contributed by atoms with E-state index in [0.717, 1.165) is 23.6 Å². The van der Waals surface area contributed by atoms with Gasteiger partial charge in [0.15, 0.2) is 0 Å². The Morgan fingerprint density at radius 3 is 2.42 bits per heavy atom. The number of carbonyl (C=O) groups excluding carboxylic acids is 1. The molecule has 0 radical (unpaired) electrons. The maximum absolute atomic E-state index is 12.8. The molecule has 3 aromatic carbocycles. The average molecular weight is 381 g/mol. The van der Waals surface area contributed by atoms with Crippen LogP contribution in [0, 0.1) is 0 Å². The number of rotatable bonds is 2. The molecule has 0 bridgehead atoms. The van der Waals surface area contributed by atoms with Crippen molar-refractivity contribution >= 4 is 39.8 Å². The number of hydrogen-bond acceptors (Lipinski definition) is 2. The first kappa shape index (κ1) is 17.9. The SMILES string of the molecule is O=C(Nc1cc(C(F)(F)F)ccc1Cl)Nc1cccc2ccc(O)cc12. The number of aromatic hydroxyl groups is 1. The van der Waals surface area contributed by atoms with E-state index in [1.54, 1.807) is 24.3 Å². The van der Waals surface area contributed by atoms with Crippen LogP contribution in [-0.2, 0) is 6.18 Å². The number of benzene rings is 3. The number of phenolic OH excluding ortho intramolecular Hbond substituents is 1. The van der Waals surface area contributed by atoms with E-state index in [1.165, 1.54) is 12.1 Å². The first-order valence-corrected chi connectivity index (χ1v) is 7.78. The standard InChI is InChI=1S/C18H12ClF3N2O2/c19-14-7-5-11(18(20,21)22)8-16(14)24-17(26)23-15-3-1-2-10-4-6-12(25)9-13(10)15/h1-9,25H,(H2,23,24,26). The highest BCUT2D eigenvalue weighted by molar-refractivity contribution is 6.33. The second-order valence-electron chi connectivity index (χ2n) is 5.48. The summed E-state index contributed by atoms with van der Waals surface area (Å²) in [6.45, 7) is 0. The molecule has 0 atom stereocenters. The van der Waals surface area contributed by atoms with Gasteiger partial charge in [-0.3, -0.25) is 0 Å². The summed E-state index contributed by atoms with van der Waals surface area (Å²) in [5.74, 6) is 0.0214. The molecule has 3 N–H and O–H groups in total. The van der Waals surface area contributed by atoms with Crippen LogP contribution in [0.5, 0.6) is 5.75 Å². The van der Waals surface area contributed by atoms with Crippen LogP contribution in [0.1, 0.15) is 5.56 Å². The Morgan fingerprint density at radius 1 is 0.962 bits per heavy atom. The molecule has 2 amide bonds. The minimum Gasteiger partial charge on any atom is -0.508 e. The lowest BCUT2D eigenvalue weighted by molar-refractivity contribution is -0.137. The van der Waals surface area contributed by atoms with Gasteiger partial charge in [-0.1, -0.05) is 29.8 Å². The summed E-state index contributed by atoms with van der Waals surface area (Å²) in [7, 11) is 0. The molecule has 0 saturated carbocycles. The van der Waals surface area contributed by atoms with Gasteiger partial charge in [-0.05, 0) is 41.8 Å². The van der Waals surface area contributed by atoms with E-state index >= 15 is 0 Å². The Labute approximate surface area is 151 Å². The molecule has 0 spiro atoms. The third kappa shape index (κ3) is 3.83. The number of carbonyl (C=O) groups is 1. The van der Waals surface area contributed by atoms with Crippen LogP contribution >= 0.6 is 11.6 Å². The Kier molecular flexibility index (Phi) is 4.65. The van der Waals surface area contributed by atoms with Crippen molar-refractivity contribution in [1.82, 2.24) is 0 Å². The predicted molar refractivity (Wildman–Crippen MR) is 94.7 cm³/mol. The Morgan fingerprint density at radius 2 is 1.69 bits per heavy atom. The fourth-order valence-corrected chi connectivity index (χ4v) is 2.61. The number of hydrogen-bond donors (Lipinski definition) is 3. The number of nitrogens with one attached hydrogen (secondary N) is 2. The molecule has 0 aromatic heterocycles. The Balaban J connectivity index is 1.85. The normalized spacial score (nSPS) is 11.4. The van der Waals surface area contributed by atoms with E-state index < -0.39 is 17.8 Å². The van der Waals surface area contributed by atoms with Crippen LogP contribution in [0.3, 0.4) is 0 Å². The number of halogens is 4. The molecule has 0 aliphatic carbocycles. The largest absolute Gasteiger partial charge is 0.508 e. The van der Waals surface area contributed by atoms with Gasteiger partial charge in [-0.15, -0.1) is 0 Å². The molecule has 3 aromatic rings. The summed E-state index contributed by atoms with van der Waals surface area (Å²) in [6, 6.07) is 11.7. The molecule has 26 heavy (non-hydrogen) atoms. The molecule has 0 aliphatic rings. The molecular weight excluding hydrogens is 369 g/mol. The van der Waals surface area contributed by atoms with Crippen LogP contribution < -0.4 is 10.6 Å². The summed E-state index contributed by atoms with van der Waals surface area (Å²) >= 11 is 5.87. The van der Waals surface area contributed by atoms with Gasteiger partial charge in [0.2, 0.25) is 0 Å². The van der Waals surface area contributed by atoms with Crippen LogP contribution in [0.2, 0.25) is 5.02 Å². The maximum atomic E-state index is 12.8. The lowest BCUT2D eigenvalue weighted by Crippen LogP contribution is -2.20. The number of urea groups is 1. The fraction of sp³-hybridized carbons (Fsp3) is 0.0556. The van der Waals surface area contributed by atoms with Crippen LogP contribution in [0.4, 0.5) is 29.3 Å². The van der Waals surface area contributed by atoms with E-state index in [0.29, 0.717) is 11.1 Å². The monoisotopic (exact) mass is 380 g/mol. The lowest BCUT2D eigenvalue weighted by atomic mass is 10.1. The molecule has 4 nitrogen and oxygen atoms in total. The van der Waals surface area contributed by atoms with E-state index in [2.05, 4.69) is 10.6 Å². The summed E-state index contributed by atoms with van der Waals surface area (Å²) in [4.78, 5) is 12.2. The zero-order chi connectivity index (χ0) is 18.9. The zero-order valence-electron chi connectivity index (χ0n) is 13.1. The number of fused-ring (bicyclic) bond motifs is 1. The van der Waals surface area contributed by atoms with Crippen molar-refractivity contribution in [2.75, 3.05) is 10.6 Å². The smallest absolute Gasteiger partial charge is 0.416 e. The third-order valence-corrected chi connectivity index (χ3v) is 3.99. The molecular formula is C18H12ClF3N2O2. The van der Waals surface area contributed by atoms with Gasteiger partial charge in [0.25, 0.3) is 0 Å². The minimum absolute atomic E-state index is 0.0214. The van der Waals surface area contributed by atoms with Crippen molar-refractivity contribution in [1.29, 1.82) is 0 Å². The zero-order valence-corrected chi connectivity index (χ0v) is 13.8. The topological polar surface area (TPSA) is 61.4 Å². The molecule has 134 valence electrons. The van der Waals surface area contributed by atoms with Crippen LogP contribution in [0.25, 0.3) is 10.8 Å². The summed E-state index contributed by atoms with van der Waals surface area (Å²) in [5.41, 5.74) is -0.701. The average Bonchev–Trinajstić information content (AvgIpc) is 2.56. The maximum Gasteiger partial charge on any atom is 0.416 e. The van der Waals surface area contributed by atoms with Crippen molar-refractivity contribution in [2.45, 2.75) is 6.18 Å². The van der Waals surface area contributed by atoms with Gasteiger partial charge in [0.05, 0.1) is 22.0 Å². The summed E-state index contributed by atoms with van der Waals surface area (Å²) < 4.78 is 38.4. The predicted octanol–water partition coefficient (Wildman–Crippen LogP) is 5.86. The minimum atomic E-state index is -4.55. The van der Waals surface area contributed by atoms with Crippen LogP contribution in [-0.4, -0.2) is 11.1 Å². The fourth-order valence-electron chi connectivity index (χ4n) is 2.44. The number of anilines is 2. The van der Waals surface area contributed by atoms with E-state index in [1.807, 2.05) is 0 Å². The van der Waals surface area contributed by atoms with Gasteiger partial charge >= 0.3 is 12.2 Å². The highest BCUT2D eigenvalue weighted by atomic mass is 35.5. The van der Waals surface area contributed by atoms with Crippen molar-refractivity contribution in [3.8, 4) is 5.75 Å². The van der Waals surface area contributed by atoms with Crippen molar-refractivity contribution in [3.05, 3.63) is 65.2 Å². The molecule has 0 aliphatic heterocycles. The quantitative estimate of drug-likeness (QED) is 0.521. The number of phenols is 1. The highest BCUT2D eigenvalue weighted by Crippen LogP contribution is 2.34. The third-order valence-electron chi connectivity index (χ3n) is 3.66. The molecule has 0 saturated heterocycles. The van der Waals surface area contributed by atoms with Crippen molar-refractivity contribution in [3.63, 3.8) is 0 Å². The summed E-state index contributed by atoms with van der Waals surface area (Å²) in [5, 5.41) is 15.8. The summed E-state index contributed by atoms with van der Waals surface area (Å²) in [6.07, 6.45) is -4.55. The molecule has 0 fully saturated rings. The van der Waals surface area contributed by atoms with Gasteiger partial charge in [-0.2, -0.15) is 13.2 Å². The second-order valence-corrected chi connectivity index (χ2v) is 5.89. The van der Waals surface area contributed by atoms with Crippen molar-refractivity contribution in [2.24, 2.45) is 0 Å². The molecule has 3 rings (SSSR count). The Hall–Kier alpha value is -2.93. The van der Waals surface area contributed by atoms with Gasteiger partial charge < -0.3 is 15.7 Å². The number of alkyl halides is 3. The Bertz CT molecular complexity index is 990. The van der Waals surface area contributed by atoms with E-state index in [9.17, 15) is 23.1 Å². The molecule has 8 heteroatoms. The van der Waals surface area contributed by atoms with Gasteiger partial charge in [0.1, 0.15) is 5.75 Å². The van der Waals surface area contributed by atoms with Crippen molar-refractivity contribution < 1.29 is 23.1 Å². The van der Waals surface area contributed by atoms with E-state index in [4.69, 9.17) is 11.6 Å². The molecule has 0 unspecified atom stereocenters. The first-order chi connectivity index (χ1) is 12.2. The highest BCUT2D eigenvalue weighted by Gasteiger charge is 2.31. The van der Waals surface area contributed by atoms with Gasteiger partial charge in [0, 0.05) is 5.39 Å². The molecule has 0 heterocycles. The van der Waals surface area contributed by atoms with E-state index in [-0.39, 0.29) is 16.5 Å².